The van der Waals surface area contributed by atoms with E-state index in [-0.39, 0.29) is 23.0 Å². The quantitative estimate of drug-likeness (QED) is 0.470. The summed E-state index contributed by atoms with van der Waals surface area (Å²) < 4.78 is 60.4. The molecule has 0 saturated carbocycles. The van der Waals surface area contributed by atoms with E-state index in [0.29, 0.717) is 30.3 Å². The second kappa shape index (κ2) is 7.74. The maximum Gasteiger partial charge on any atom is 0.437 e. The Bertz CT molecular complexity index is 1270. The molecule has 0 amide bonds. The predicted molar refractivity (Wildman–Crippen MR) is 105 cm³/mol. The molecular weight excluding hydrogens is 428 g/mol. The lowest BCUT2D eigenvalue weighted by molar-refractivity contribution is -0.140. The van der Waals surface area contributed by atoms with Gasteiger partial charge in [-0.15, -0.1) is 0 Å². The number of fused-ring (bicyclic) bond motifs is 1. The highest BCUT2D eigenvalue weighted by Crippen LogP contribution is 2.36. The highest BCUT2D eigenvalue weighted by Gasteiger charge is 2.38. The lowest BCUT2D eigenvalue weighted by atomic mass is 9.93. The smallest absolute Gasteiger partial charge is 0.437 e. The second-order valence-electron chi connectivity index (χ2n) is 7.42. The summed E-state index contributed by atoms with van der Waals surface area (Å²) in [6.45, 7) is 1.09. The third-order valence-corrected chi connectivity index (χ3v) is 5.32. The number of halogens is 4. The Labute approximate surface area is 179 Å². The van der Waals surface area contributed by atoms with Gasteiger partial charge in [-0.1, -0.05) is 6.07 Å². The van der Waals surface area contributed by atoms with E-state index in [1.165, 1.54) is 30.5 Å². The van der Waals surface area contributed by atoms with Gasteiger partial charge in [-0.05, 0) is 30.2 Å². The zero-order chi connectivity index (χ0) is 22.3. The van der Waals surface area contributed by atoms with Crippen molar-refractivity contribution >= 4 is 0 Å². The van der Waals surface area contributed by atoms with Crippen molar-refractivity contribution in [2.45, 2.75) is 25.1 Å². The first-order valence-electron chi connectivity index (χ1n) is 9.77. The molecule has 4 aromatic rings. The Morgan fingerprint density at radius 1 is 1.09 bits per heavy atom. The highest BCUT2D eigenvalue weighted by atomic mass is 19.4. The number of nitrogens with one attached hydrogen (secondary N) is 1. The Hall–Kier alpha value is -3.76. The van der Waals surface area contributed by atoms with Crippen LogP contribution in [0.25, 0.3) is 22.6 Å². The maximum atomic E-state index is 13.5. The average molecular weight is 444 g/mol. The number of benzene rings is 1. The number of hydrogen-bond donors (Lipinski definition) is 1. The summed E-state index contributed by atoms with van der Waals surface area (Å²) >= 11 is 0. The van der Waals surface area contributed by atoms with Crippen LogP contribution in [0.3, 0.4) is 0 Å². The largest absolute Gasteiger partial charge is 0.493 e. The summed E-state index contributed by atoms with van der Waals surface area (Å²) in [5.74, 6) is 0.315. The molecule has 0 aliphatic carbocycles. The van der Waals surface area contributed by atoms with Gasteiger partial charge in [-0.25, -0.2) is 9.37 Å². The molecule has 1 aliphatic heterocycles. The monoisotopic (exact) mass is 444 g/mol. The number of ether oxygens (including phenoxy) is 1. The fourth-order valence-corrected chi connectivity index (χ4v) is 3.82. The average Bonchev–Trinajstić information content (AvgIpc) is 3.44. The Morgan fingerprint density at radius 3 is 2.81 bits per heavy atom. The molecule has 0 radical (unpaired) electrons. The van der Waals surface area contributed by atoms with Gasteiger partial charge in [0.1, 0.15) is 23.0 Å². The van der Waals surface area contributed by atoms with Crippen molar-refractivity contribution in [3.05, 3.63) is 66.1 Å². The SMILES string of the molecule is Fc1ccc2c(c1)OCC[C@H]2Cn1cnc(-c2cc(-c3n[nH]nc3C(F)(F)F)ccn2)c1. The number of rotatable bonds is 4. The highest BCUT2D eigenvalue weighted by molar-refractivity contribution is 5.67. The van der Waals surface area contributed by atoms with Crippen molar-refractivity contribution in [1.82, 2.24) is 29.9 Å². The van der Waals surface area contributed by atoms with E-state index in [9.17, 15) is 17.6 Å². The Kier molecular flexibility index (Phi) is 4.87. The van der Waals surface area contributed by atoms with Crippen molar-refractivity contribution in [2.24, 2.45) is 0 Å². The first-order valence-corrected chi connectivity index (χ1v) is 9.77. The zero-order valence-corrected chi connectivity index (χ0v) is 16.5. The fourth-order valence-electron chi connectivity index (χ4n) is 3.82. The van der Waals surface area contributed by atoms with Gasteiger partial charge >= 0.3 is 6.18 Å². The van der Waals surface area contributed by atoms with Crippen LogP contribution in [0.4, 0.5) is 17.6 Å². The first kappa shape index (κ1) is 20.2. The van der Waals surface area contributed by atoms with E-state index in [2.05, 4.69) is 20.2 Å². The van der Waals surface area contributed by atoms with Crippen LogP contribution in [0.1, 0.15) is 23.6 Å². The molecule has 0 saturated heterocycles. The van der Waals surface area contributed by atoms with Gasteiger partial charge in [0.2, 0.25) is 0 Å². The molecule has 1 aromatic carbocycles. The van der Waals surface area contributed by atoms with Crippen LogP contribution in [-0.4, -0.2) is 36.6 Å². The van der Waals surface area contributed by atoms with E-state index in [0.717, 1.165) is 12.0 Å². The van der Waals surface area contributed by atoms with Crippen LogP contribution >= 0.6 is 0 Å². The summed E-state index contributed by atoms with van der Waals surface area (Å²) in [6.07, 6.45) is 0.960. The molecule has 11 heteroatoms. The van der Waals surface area contributed by atoms with Gasteiger partial charge in [0.05, 0.1) is 18.6 Å². The molecule has 32 heavy (non-hydrogen) atoms. The standard InChI is InChI=1S/C21H16F4N6O/c22-14-1-2-15-13(4-6-32-18(15)8-14)9-31-10-17(27-11-31)16-7-12(3-5-26-16)19-20(21(23,24)25)29-30-28-19/h1-3,5,7-8,10-11,13H,4,6,9H2,(H,28,29,30)/t13-/m0/s1. The van der Waals surface area contributed by atoms with Gasteiger partial charge in [-0.3, -0.25) is 4.98 Å². The van der Waals surface area contributed by atoms with E-state index in [1.807, 2.05) is 9.78 Å². The third-order valence-electron chi connectivity index (χ3n) is 5.32. The molecule has 0 spiro atoms. The van der Waals surface area contributed by atoms with Crippen LogP contribution in [-0.2, 0) is 12.7 Å². The van der Waals surface area contributed by atoms with E-state index < -0.39 is 11.9 Å². The molecule has 1 atom stereocenters. The van der Waals surface area contributed by atoms with Crippen LogP contribution in [0.5, 0.6) is 5.75 Å². The Morgan fingerprint density at radius 2 is 1.97 bits per heavy atom. The van der Waals surface area contributed by atoms with Crippen LogP contribution in [0.15, 0.2) is 49.1 Å². The third kappa shape index (κ3) is 3.81. The molecular formula is C21H16F4N6O. The maximum absolute atomic E-state index is 13.5. The van der Waals surface area contributed by atoms with Gasteiger partial charge < -0.3 is 9.30 Å². The molecule has 0 unspecified atom stereocenters. The zero-order valence-electron chi connectivity index (χ0n) is 16.5. The lowest BCUT2D eigenvalue weighted by Crippen LogP contribution is -2.18. The molecule has 3 aromatic heterocycles. The molecule has 0 bridgehead atoms. The summed E-state index contributed by atoms with van der Waals surface area (Å²) in [5, 5.41) is 8.90. The number of pyridine rings is 1. The minimum absolute atomic E-state index is 0.116. The summed E-state index contributed by atoms with van der Waals surface area (Å²) in [6, 6.07) is 7.45. The van der Waals surface area contributed by atoms with E-state index >= 15 is 0 Å². The van der Waals surface area contributed by atoms with Gasteiger partial charge in [0.15, 0.2) is 5.69 Å². The first-order chi connectivity index (χ1) is 15.4. The van der Waals surface area contributed by atoms with Crippen molar-refractivity contribution < 1.29 is 22.3 Å². The lowest BCUT2D eigenvalue weighted by Gasteiger charge is -2.26. The van der Waals surface area contributed by atoms with Crippen LogP contribution in [0.2, 0.25) is 0 Å². The normalized spacial score (nSPS) is 15.9. The minimum atomic E-state index is -4.63. The number of aromatic amines is 1. The summed E-state index contributed by atoms with van der Waals surface area (Å²) in [7, 11) is 0. The molecule has 0 fully saturated rings. The van der Waals surface area contributed by atoms with E-state index in [1.54, 1.807) is 18.6 Å². The molecule has 5 rings (SSSR count). The molecule has 7 nitrogen and oxygen atoms in total. The van der Waals surface area contributed by atoms with Crippen LogP contribution < -0.4 is 4.74 Å². The van der Waals surface area contributed by atoms with Gasteiger partial charge in [-0.2, -0.15) is 28.6 Å². The molecule has 1 N–H and O–H groups in total. The number of H-pyrrole nitrogens is 1. The number of aromatic nitrogens is 6. The van der Waals surface area contributed by atoms with Crippen molar-refractivity contribution in [2.75, 3.05) is 6.61 Å². The second-order valence-corrected chi connectivity index (χ2v) is 7.42. The van der Waals surface area contributed by atoms with Crippen molar-refractivity contribution in [1.29, 1.82) is 0 Å². The Balaban J connectivity index is 1.40. The number of alkyl halides is 3. The molecule has 164 valence electrons. The summed E-state index contributed by atoms with van der Waals surface area (Å²) in [4.78, 5) is 8.60. The predicted octanol–water partition coefficient (Wildman–Crippen LogP) is 4.45. The molecule has 4 heterocycles. The van der Waals surface area contributed by atoms with Crippen LogP contribution in [0, 0.1) is 5.82 Å². The van der Waals surface area contributed by atoms with Crippen molar-refractivity contribution in [3.8, 4) is 28.4 Å². The fraction of sp³-hybridized carbons (Fsp3) is 0.238. The van der Waals surface area contributed by atoms with Crippen molar-refractivity contribution in [3.63, 3.8) is 0 Å². The topological polar surface area (TPSA) is 81.5 Å². The summed E-state index contributed by atoms with van der Waals surface area (Å²) in [5.41, 5.74) is 0.688. The van der Waals surface area contributed by atoms with Gasteiger partial charge in [0, 0.05) is 36.5 Å². The number of nitrogens with zero attached hydrogens (tertiary/aromatic N) is 5. The molecule has 1 aliphatic rings. The number of hydrogen-bond acceptors (Lipinski definition) is 5. The van der Waals surface area contributed by atoms with E-state index in [4.69, 9.17) is 4.74 Å². The van der Waals surface area contributed by atoms with Gasteiger partial charge in [0.25, 0.3) is 0 Å². The minimum Gasteiger partial charge on any atom is -0.493 e. The number of imidazole rings is 1.